The minimum atomic E-state index is -0.320. The third-order valence-corrected chi connectivity index (χ3v) is 5.06. The molecule has 0 aliphatic heterocycles. The van der Waals surface area contributed by atoms with E-state index in [4.69, 9.17) is 16.3 Å². The van der Waals surface area contributed by atoms with E-state index < -0.39 is 0 Å². The van der Waals surface area contributed by atoms with Crippen LogP contribution in [0.3, 0.4) is 0 Å². The van der Waals surface area contributed by atoms with E-state index in [1.807, 2.05) is 61.5 Å². The van der Waals surface area contributed by atoms with Crippen molar-refractivity contribution in [3.8, 4) is 17.0 Å². The number of anilines is 1. The predicted octanol–water partition coefficient (Wildman–Crippen LogP) is 4.54. The largest absolute Gasteiger partial charge is 0.497 e. The fraction of sp³-hybridized carbons (Fsp3) is 0.136. The second-order valence-corrected chi connectivity index (χ2v) is 7.18. The first-order valence-corrected chi connectivity index (χ1v) is 9.70. The number of ether oxygens (including phenoxy) is 1. The summed E-state index contributed by atoms with van der Waals surface area (Å²) in [5.41, 5.74) is 3.71. The van der Waals surface area contributed by atoms with Gasteiger partial charge in [-0.3, -0.25) is 14.6 Å². The van der Waals surface area contributed by atoms with Gasteiger partial charge in [-0.15, -0.1) is 0 Å². The topological polar surface area (TPSA) is 84.8 Å². The molecule has 4 aromatic rings. The van der Waals surface area contributed by atoms with Crippen molar-refractivity contribution in [1.29, 1.82) is 0 Å². The van der Waals surface area contributed by atoms with E-state index in [0.29, 0.717) is 28.8 Å². The fourth-order valence-corrected chi connectivity index (χ4v) is 3.27. The number of aromatic nitrogens is 4. The molecule has 0 fully saturated rings. The number of carbonyl (C=O) groups is 1. The van der Waals surface area contributed by atoms with Gasteiger partial charge in [-0.05, 0) is 36.8 Å². The maximum absolute atomic E-state index is 12.6. The van der Waals surface area contributed by atoms with Crippen LogP contribution in [0.25, 0.3) is 11.3 Å². The molecule has 0 saturated carbocycles. The Labute approximate surface area is 178 Å². The van der Waals surface area contributed by atoms with Crippen molar-refractivity contribution in [2.24, 2.45) is 0 Å². The molecule has 2 aromatic heterocycles. The molecule has 0 radical (unpaired) electrons. The van der Waals surface area contributed by atoms with Gasteiger partial charge in [0.25, 0.3) is 5.91 Å². The van der Waals surface area contributed by atoms with Crippen molar-refractivity contribution in [3.05, 3.63) is 82.6 Å². The van der Waals surface area contributed by atoms with Crippen LogP contribution >= 0.6 is 11.6 Å². The van der Waals surface area contributed by atoms with Crippen molar-refractivity contribution in [2.45, 2.75) is 13.5 Å². The highest BCUT2D eigenvalue weighted by Gasteiger charge is 2.14. The number of halogens is 1. The first-order valence-electron chi connectivity index (χ1n) is 9.32. The van der Waals surface area contributed by atoms with Crippen molar-refractivity contribution >= 4 is 23.3 Å². The third-order valence-electron chi connectivity index (χ3n) is 4.69. The van der Waals surface area contributed by atoms with Crippen molar-refractivity contribution in [3.63, 3.8) is 0 Å². The highest BCUT2D eigenvalue weighted by Crippen LogP contribution is 2.23. The Hall–Kier alpha value is -3.58. The van der Waals surface area contributed by atoms with Crippen LogP contribution in [0.15, 0.2) is 60.7 Å². The molecule has 2 N–H and O–H groups in total. The van der Waals surface area contributed by atoms with E-state index in [1.54, 1.807) is 17.9 Å². The smallest absolute Gasteiger partial charge is 0.274 e. The summed E-state index contributed by atoms with van der Waals surface area (Å²) >= 11 is 6.24. The number of hydrogen-bond donors (Lipinski definition) is 2. The number of hydrogen-bond acceptors (Lipinski definition) is 4. The van der Waals surface area contributed by atoms with E-state index in [0.717, 1.165) is 22.6 Å². The van der Waals surface area contributed by atoms with Crippen LogP contribution in [0.2, 0.25) is 5.02 Å². The molecule has 1 amide bonds. The number of rotatable bonds is 6. The Morgan fingerprint density at radius 3 is 2.80 bits per heavy atom. The summed E-state index contributed by atoms with van der Waals surface area (Å²) in [5.74, 6) is 0.863. The van der Waals surface area contributed by atoms with Crippen molar-refractivity contribution < 1.29 is 9.53 Å². The first-order chi connectivity index (χ1) is 14.5. The molecule has 0 saturated heterocycles. The molecule has 2 heterocycles. The Morgan fingerprint density at radius 1 is 1.17 bits per heavy atom. The van der Waals surface area contributed by atoms with E-state index in [9.17, 15) is 4.79 Å². The Bertz CT molecular complexity index is 1200. The number of amides is 1. The lowest BCUT2D eigenvalue weighted by Gasteiger charge is -2.06. The molecule has 152 valence electrons. The number of aryl methyl sites for hydroxylation is 1. The lowest BCUT2D eigenvalue weighted by atomic mass is 10.1. The van der Waals surface area contributed by atoms with Gasteiger partial charge in [0, 0.05) is 22.3 Å². The molecular weight excluding hydrogens is 402 g/mol. The normalized spacial score (nSPS) is 10.8. The standard InChI is InChI=1S/C22H20ClN5O2/c1-14-10-21(27-28(14)13-16-6-3-4-9-18(16)23)24-22(29)20-12-19(25-26-20)15-7-5-8-17(11-15)30-2/h3-12H,13H2,1-2H3,(H,25,26)(H,24,27,29). The monoisotopic (exact) mass is 421 g/mol. The number of benzene rings is 2. The highest BCUT2D eigenvalue weighted by molar-refractivity contribution is 6.31. The third kappa shape index (κ3) is 4.21. The van der Waals surface area contributed by atoms with Crippen LogP contribution in [0.5, 0.6) is 5.75 Å². The molecule has 0 bridgehead atoms. The number of nitrogens with zero attached hydrogens (tertiary/aromatic N) is 3. The van der Waals surface area contributed by atoms with Gasteiger partial charge in [0.1, 0.15) is 11.4 Å². The van der Waals surface area contributed by atoms with E-state index in [1.165, 1.54) is 0 Å². The van der Waals surface area contributed by atoms with Crippen LogP contribution in [0, 0.1) is 6.92 Å². The van der Waals surface area contributed by atoms with Crippen LogP contribution in [0.1, 0.15) is 21.7 Å². The summed E-state index contributed by atoms with van der Waals surface area (Å²) in [6.07, 6.45) is 0. The molecule has 4 rings (SSSR count). The second-order valence-electron chi connectivity index (χ2n) is 6.77. The van der Waals surface area contributed by atoms with Crippen LogP contribution < -0.4 is 10.1 Å². The predicted molar refractivity (Wildman–Crippen MR) is 116 cm³/mol. The SMILES string of the molecule is COc1cccc(-c2cc(C(=O)Nc3cc(C)n(Cc4ccccc4Cl)n3)[nH]n2)c1. The molecular formula is C22H20ClN5O2. The molecule has 0 atom stereocenters. The van der Waals surface area contributed by atoms with Crippen LogP contribution in [0.4, 0.5) is 5.82 Å². The first kappa shape index (κ1) is 19.7. The Kier molecular flexibility index (Phi) is 5.54. The Balaban J connectivity index is 1.48. The number of H-pyrrole nitrogens is 1. The summed E-state index contributed by atoms with van der Waals surface area (Å²) in [6.45, 7) is 2.45. The lowest BCUT2D eigenvalue weighted by Crippen LogP contribution is -2.13. The van der Waals surface area contributed by atoms with Crippen LogP contribution in [-0.2, 0) is 6.54 Å². The Morgan fingerprint density at radius 2 is 2.00 bits per heavy atom. The van der Waals surface area contributed by atoms with E-state index in [-0.39, 0.29) is 5.91 Å². The van der Waals surface area contributed by atoms with Gasteiger partial charge in [-0.1, -0.05) is 41.9 Å². The minimum absolute atomic E-state index is 0.320. The molecule has 8 heteroatoms. The molecule has 7 nitrogen and oxygen atoms in total. The molecule has 0 aliphatic carbocycles. The zero-order valence-electron chi connectivity index (χ0n) is 16.5. The zero-order chi connectivity index (χ0) is 21.1. The summed E-state index contributed by atoms with van der Waals surface area (Å²) in [7, 11) is 1.61. The number of aromatic amines is 1. The van der Waals surface area contributed by atoms with Gasteiger partial charge in [0.05, 0.1) is 19.3 Å². The van der Waals surface area contributed by atoms with E-state index >= 15 is 0 Å². The van der Waals surface area contributed by atoms with Gasteiger partial charge in [0.2, 0.25) is 0 Å². The second kappa shape index (κ2) is 8.42. The highest BCUT2D eigenvalue weighted by atomic mass is 35.5. The van der Waals surface area contributed by atoms with Gasteiger partial charge in [0.15, 0.2) is 5.82 Å². The lowest BCUT2D eigenvalue weighted by molar-refractivity contribution is 0.102. The molecule has 30 heavy (non-hydrogen) atoms. The number of methoxy groups -OCH3 is 1. The quantitative estimate of drug-likeness (QED) is 0.478. The van der Waals surface area contributed by atoms with Gasteiger partial charge >= 0.3 is 0 Å². The molecule has 2 aromatic carbocycles. The summed E-state index contributed by atoms with van der Waals surface area (Å²) < 4.78 is 7.03. The number of nitrogens with one attached hydrogen (secondary N) is 2. The molecule has 0 spiro atoms. The molecule has 0 unspecified atom stereocenters. The summed E-state index contributed by atoms with van der Waals surface area (Å²) in [6, 6.07) is 18.6. The van der Waals surface area contributed by atoms with Crippen LogP contribution in [-0.4, -0.2) is 33.0 Å². The van der Waals surface area contributed by atoms with Crippen molar-refractivity contribution in [2.75, 3.05) is 12.4 Å². The summed E-state index contributed by atoms with van der Waals surface area (Å²) in [5, 5.41) is 15.0. The van der Waals surface area contributed by atoms with Gasteiger partial charge < -0.3 is 10.1 Å². The van der Waals surface area contributed by atoms with Gasteiger partial charge in [-0.2, -0.15) is 10.2 Å². The minimum Gasteiger partial charge on any atom is -0.497 e. The summed E-state index contributed by atoms with van der Waals surface area (Å²) in [4.78, 5) is 12.6. The zero-order valence-corrected chi connectivity index (χ0v) is 17.3. The average Bonchev–Trinajstić information content (AvgIpc) is 3.37. The maximum atomic E-state index is 12.6. The van der Waals surface area contributed by atoms with Crippen molar-refractivity contribution in [1.82, 2.24) is 20.0 Å². The molecule has 0 aliphatic rings. The van der Waals surface area contributed by atoms with Gasteiger partial charge in [-0.25, -0.2) is 0 Å². The fourth-order valence-electron chi connectivity index (χ4n) is 3.07. The number of carbonyl (C=O) groups excluding carboxylic acids is 1. The van der Waals surface area contributed by atoms with E-state index in [2.05, 4.69) is 20.6 Å². The average molecular weight is 422 g/mol. The maximum Gasteiger partial charge on any atom is 0.274 e.